The quantitative estimate of drug-likeness (QED) is 0.684. The molecular formula is C20H20F2N2O2. The van der Waals surface area contributed by atoms with Crippen molar-refractivity contribution in [1.29, 1.82) is 0 Å². The molecule has 136 valence electrons. The second-order valence-corrected chi connectivity index (χ2v) is 6.28. The van der Waals surface area contributed by atoms with E-state index in [1.54, 1.807) is 18.2 Å². The second kappa shape index (κ2) is 7.66. The van der Waals surface area contributed by atoms with Gasteiger partial charge in [0.25, 0.3) is 0 Å². The molecule has 0 saturated heterocycles. The van der Waals surface area contributed by atoms with Crippen molar-refractivity contribution in [1.82, 2.24) is 4.98 Å². The minimum Gasteiger partial charge on any atom is -0.491 e. The van der Waals surface area contributed by atoms with Crippen LogP contribution in [0.3, 0.4) is 0 Å². The predicted molar refractivity (Wildman–Crippen MR) is 97.3 cm³/mol. The van der Waals surface area contributed by atoms with Crippen LogP contribution in [0.1, 0.15) is 25.5 Å². The summed E-state index contributed by atoms with van der Waals surface area (Å²) in [5.74, 6) is -0.720. The molecule has 1 heterocycles. The van der Waals surface area contributed by atoms with E-state index in [1.807, 2.05) is 26.0 Å². The predicted octanol–water partition coefficient (Wildman–Crippen LogP) is 4.45. The first kappa shape index (κ1) is 18.1. The van der Waals surface area contributed by atoms with Gasteiger partial charge in [0.05, 0.1) is 12.2 Å². The molecule has 0 aliphatic rings. The lowest BCUT2D eigenvalue weighted by molar-refractivity contribution is 0.190. The summed E-state index contributed by atoms with van der Waals surface area (Å²) in [5, 5.41) is 13.8. The van der Waals surface area contributed by atoms with Gasteiger partial charge in [-0.05, 0) is 43.7 Å². The Balaban J connectivity index is 1.78. The molecule has 0 aliphatic heterocycles. The Morgan fingerprint density at radius 3 is 2.73 bits per heavy atom. The summed E-state index contributed by atoms with van der Waals surface area (Å²) in [7, 11) is 0. The molecule has 0 bridgehead atoms. The van der Waals surface area contributed by atoms with Crippen molar-refractivity contribution in [2.45, 2.75) is 26.1 Å². The number of nitrogens with one attached hydrogen (secondary N) is 1. The molecule has 2 N–H and O–H groups in total. The molecular weight excluding hydrogens is 338 g/mol. The zero-order valence-corrected chi connectivity index (χ0v) is 14.5. The van der Waals surface area contributed by atoms with Gasteiger partial charge in [0, 0.05) is 29.9 Å². The van der Waals surface area contributed by atoms with Gasteiger partial charge in [0.1, 0.15) is 17.1 Å². The van der Waals surface area contributed by atoms with E-state index in [-0.39, 0.29) is 18.2 Å². The van der Waals surface area contributed by atoms with E-state index in [0.29, 0.717) is 22.4 Å². The molecule has 6 heteroatoms. The maximum absolute atomic E-state index is 13.8. The lowest BCUT2D eigenvalue weighted by atomic mass is 10.1. The van der Waals surface area contributed by atoms with E-state index < -0.39 is 17.7 Å². The molecule has 0 amide bonds. The maximum Gasteiger partial charge on any atom is 0.152 e. The molecule has 3 aromatic rings. The fourth-order valence-corrected chi connectivity index (χ4v) is 2.72. The monoisotopic (exact) mass is 358 g/mol. The number of ether oxygens (including phenoxy) is 1. The van der Waals surface area contributed by atoms with E-state index in [9.17, 15) is 13.9 Å². The molecule has 4 nitrogen and oxygen atoms in total. The minimum absolute atomic E-state index is 0.0356. The number of aromatic nitrogens is 1. The van der Waals surface area contributed by atoms with E-state index >= 15 is 0 Å². The van der Waals surface area contributed by atoms with Crippen molar-refractivity contribution < 1.29 is 18.6 Å². The van der Waals surface area contributed by atoms with Gasteiger partial charge in [-0.2, -0.15) is 0 Å². The van der Waals surface area contributed by atoms with Crippen LogP contribution >= 0.6 is 0 Å². The van der Waals surface area contributed by atoms with Gasteiger partial charge in [-0.25, -0.2) is 8.78 Å². The number of hydrogen-bond acceptors (Lipinski definition) is 4. The van der Waals surface area contributed by atoms with E-state index in [0.717, 1.165) is 6.07 Å². The number of pyridine rings is 1. The van der Waals surface area contributed by atoms with Crippen molar-refractivity contribution in [2.75, 3.05) is 11.9 Å². The van der Waals surface area contributed by atoms with Crippen LogP contribution in [0.4, 0.5) is 14.5 Å². The van der Waals surface area contributed by atoms with Crippen LogP contribution in [0.15, 0.2) is 48.7 Å². The van der Waals surface area contributed by atoms with Crippen molar-refractivity contribution in [2.24, 2.45) is 0 Å². The van der Waals surface area contributed by atoms with Crippen LogP contribution in [-0.4, -0.2) is 22.7 Å². The van der Waals surface area contributed by atoms with Crippen LogP contribution < -0.4 is 10.1 Å². The van der Waals surface area contributed by atoms with Crippen molar-refractivity contribution in [3.8, 4) is 5.75 Å². The number of benzene rings is 2. The highest BCUT2D eigenvalue weighted by Gasteiger charge is 2.12. The van der Waals surface area contributed by atoms with Gasteiger partial charge in [0.15, 0.2) is 5.82 Å². The van der Waals surface area contributed by atoms with Crippen LogP contribution in [0.2, 0.25) is 0 Å². The van der Waals surface area contributed by atoms with Crippen molar-refractivity contribution in [3.63, 3.8) is 0 Å². The normalized spacial score (nSPS) is 12.4. The number of anilines is 1. The average Bonchev–Trinajstić information content (AvgIpc) is 2.59. The standard InChI is InChI=1S/C20H20F2N2O2/c1-12(2)26-15-5-3-4-13(8-15)19(25)11-24-18-6-7-23-20-16(18)9-14(21)10-17(20)22/h3-10,12,19,25H,11H2,1-2H3,(H,23,24). The number of halogens is 2. The summed E-state index contributed by atoms with van der Waals surface area (Å²) in [6, 6.07) is 10.8. The molecule has 0 spiro atoms. The van der Waals surface area contributed by atoms with Crippen molar-refractivity contribution >= 4 is 16.6 Å². The van der Waals surface area contributed by atoms with Gasteiger partial charge in [-0.1, -0.05) is 12.1 Å². The van der Waals surface area contributed by atoms with Crippen LogP contribution in [-0.2, 0) is 0 Å². The Hall–Kier alpha value is -2.73. The summed E-state index contributed by atoms with van der Waals surface area (Å²) >= 11 is 0. The molecule has 2 aromatic carbocycles. The molecule has 0 radical (unpaired) electrons. The maximum atomic E-state index is 13.8. The van der Waals surface area contributed by atoms with E-state index in [1.165, 1.54) is 12.3 Å². The topological polar surface area (TPSA) is 54.4 Å². The zero-order chi connectivity index (χ0) is 18.7. The molecule has 1 atom stereocenters. The Morgan fingerprint density at radius 2 is 1.96 bits per heavy atom. The molecule has 1 aromatic heterocycles. The lowest BCUT2D eigenvalue weighted by Gasteiger charge is -2.16. The fourth-order valence-electron chi connectivity index (χ4n) is 2.72. The van der Waals surface area contributed by atoms with Gasteiger partial charge in [-0.3, -0.25) is 4.98 Å². The number of hydrogen-bond donors (Lipinski definition) is 2. The molecule has 3 rings (SSSR count). The largest absolute Gasteiger partial charge is 0.491 e. The fraction of sp³-hybridized carbons (Fsp3) is 0.250. The summed E-state index contributed by atoms with van der Waals surface area (Å²) in [6.45, 7) is 4.03. The van der Waals surface area contributed by atoms with Crippen LogP contribution in [0, 0.1) is 11.6 Å². The van der Waals surface area contributed by atoms with Gasteiger partial charge in [0.2, 0.25) is 0 Å². The molecule has 1 unspecified atom stereocenters. The van der Waals surface area contributed by atoms with Crippen LogP contribution in [0.5, 0.6) is 5.75 Å². The number of nitrogens with zero attached hydrogens (tertiary/aromatic N) is 1. The number of aliphatic hydroxyl groups is 1. The highest BCUT2D eigenvalue weighted by Crippen LogP contribution is 2.26. The van der Waals surface area contributed by atoms with Crippen molar-refractivity contribution in [3.05, 3.63) is 65.9 Å². The third kappa shape index (κ3) is 4.08. The third-order valence-corrected chi connectivity index (χ3v) is 3.86. The molecule has 26 heavy (non-hydrogen) atoms. The lowest BCUT2D eigenvalue weighted by Crippen LogP contribution is -2.13. The Kier molecular flexibility index (Phi) is 5.32. The summed E-state index contributed by atoms with van der Waals surface area (Å²) in [6.07, 6.45) is 0.663. The van der Waals surface area contributed by atoms with Gasteiger partial charge >= 0.3 is 0 Å². The second-order valence-electron chi connectivity index (χ2n) is 6.28. The minimum atomic E-state index is -0.813. The van der Waals surface area contributed by atoms with Gasteiger partial charge in [-0.15, -0.1) is 0 Å². The Labute approximate surface area is 150 Å². The molecule has 0 aliphatic carbocycles. The Bertz CT molecular complexity index is 915. The smallest absolute Gasteiger partial charge is 0.152 e. The number of rotatable bonds is 6. The van der Waals surface area contributed by atoms with E-state index in [2.05, 4.69) is 10.3 Å². The first-order chi connectivity index (χ1) is 12.4. The SMILES string of the molecule is CC(C)Oc1cccc(C(O)CNc2ccnc3c(F)cc(F)cc23)c1. The average molecular weight is 358 g/mol. The Morgan fingerprint density at radius 1 is 1.15 bits per heavy atom. The first-order valence-corrected chi connectivity index (χ1v) is 8.36. The highest BCUT2D eigenvalue weighted by molar-refractivity contribution is 5.91. The zero-order valence-electron chi connectivity index (χ0n) is 14.5. The summed E-state index contributed by atoms with van der Waals surface area (Å²) in [4.78, 5) is 3.95. The number of fused-ring (bicyclic) bond motifs is 1. The highest BCUT2D eigenvalue weighted by atomic mass is 19.1. The van der Waals surface area contributed by atoms with E-state index in [4.69, 9.17) is 4.74 Å². The van der Waals surface area contributed by atoms with Crippen LogP contribution in [0.25, 0.3) is 10.9 Å². The number of aliphatic hydroxyl groups excluding tert-OH is 1. The molecule has 0 fully saturated rings. The summed E-state index contributed by atoms with van der Waals surface area (Å²) in [5.41, 5.74) is 1.27. The first-order valence-electron chi connectivity index (χ1n) is 8.36. The summed E-state index contributed by atoms with van der Waals surface area (Å²) < 4.78 is 33.0. The third-order valence-electron chi connectivity index (χ3n) is 3.86. The molecule has 0 saturated carbocycles. The van der Waals surface area contributed by atoms with Gasteiger partial charge < -0.3 is 15.2 Å².